The number of halogens is 2. The van der Waals surface area contributed by atoms with Gasteiger partial charge in [-0.15, -0.1) is 12.4 Å². The molecule has 2 rings (SSSR count). The predicted molar refractivity (Wildman–Crippen MR) is 118 cm³/mol. The van der Waals surface area contributed by atoms with Gasteiger partial charge in [0.25, 0.3) is 10.0 Å². The van der Waals surface area contributed by atoms with E-state index in [1.165, 1.54) is 25.3 Å². The summed E-state index contributed by atoms with van der Waals surface area (Å²) in [5.74, 6) is 0.164. The molecular weight excluding hydrogens is 433 g/mol. The lowest BCUT2D eigenvalue weighted by Gasteiger charge is -2.13. The van der Waals surface area contributed by atoms with Gasteiger partial charge in [-0.3, -0.25) is 9.11 Å². The van der Waals surface area contributed by atoms with Crippen LogP contribution in [-0.4, -0.2) is 46.9 Å². The SMILES string of the molecule is CCCNCCOc1ccc(NS(=O)(=O)c2ccc([C@@H](C)CF)cc2)c(OC)n1.Cl. The maximum Gasteiger partial charge on any atom is 0.262 e. The van der Waals surface area contributed by atoms with Crippen LogP contribution in [0.3, 0.4) is 0 Å². The minimum Gasteiger partial charge on any atom is -0.479 e. The summed E-state index contributed by atoms with van der Waals surface area (Å²) < 4.78 is 51.3. The van der Waals surface area contributed by atoms with Gasteiger partial charge in [-0.25, -0.2) is 8.42 Å². The molecular formula is C20H29ClFN3O4S. The fraction of sp³-hybridized carbons (Fsp3) is 0.450. The topological polar surface area (TPSA) is 89.6 Å². The van der Waals surface area contributed by atoms with Crippen LogP contribution in [0.15, 0.2) is 41.3 Å². The van der Waals surface area contributed by atoms with Gasteiger partial charge in [0, 0.05) is 18.5 Å². The molecule has 2 aromatic rings. The minimum absolute atomic E-state index is 0. The molecule has 168 valence electrons. The van der Waals surface area contributed by atoms with Crippen molar-refractivity contribution in [2.75, 3.05) is 38.2 Å². The largest absolute Gasteiger partial charge is 0.479 e. The number of hydrogen-bond donors (Lipinski definition) is 2. The molecule has 0 spiro atoms. The van der Waals surface area contributed by atoms with Crippen molar-refractivity contribution in [2.24, 2.45) is 0 Å². The van der Waals surface area contributed by atoms with E-state index in [2.05, 4.69) is 21.9 Å². The van der Waals surface area contributed by atoms with Crippen LogP contribution in [0.1, 0.15) is 31.7 Å². The zero-order valence-corrected chi connectivity index (χ0v) is 19.0. The highest BCUT2D eigenvalue weighted by Crippen LogP contribution is 2.28. The van der Waals surface area contributed by atoms with Gasteiger partial charge >= 0.3 is 0 Å². The first kappa shape index (κ1) is 25.9. The molecule has 0 aliphatic heterocycles. The van der Waals surface area contributed by atoms with Crippen LogP contribution in [-0.2, 0) is 10.0 Å². The van der Waals surface area contributed by atoms with E-state index in [1.807, 2.05) is 0 Å². The minimum atomic E-state index is -3.85. The fourth-order valence-corrected chi connectivity index (χ4v) is 3.59. The Morgan fingerprint density at radius 2 is 1.83 bits per heavy atom. The number of benzene rings is 1. The summed E-state index contributed by atoms with van der Waals surface area (Å²) in [7, 11) is -2.45. The molecule has 1 heterocycles. The maximum absolute atomic E-state index is 12.8. The van der Waals surface area contributed by atoms with Crippen molar-refractivity contribution in [3.8, 4) is 11.8 Å². The maximum atomic E-state index is 12.8. The van der Waals surface area contributed by atoms with Gasteiger partial charge in [0.2, 0.25) is 11.8 Å². The molecule has 1 aromatic heterocycles. The van der Waals surface area contributed by atoms with E-state index in [4.69, 9.17) is 9.47 Å². The molecule has 30 heavy (non-hydrogen) atoms. The van der Waals surface area contributed by atoms with Crippen molar-refractivity contribution in [2.45, 2.75) is 31.1 Å². The number of hydrogen-bond acceptors (Lipinski definition) is 6. The van der Waals surface area contributed by atoms with Crippen LogP contribution in [0.2, 0.25) is 0 Å². The summed E-state index contributed by atoms with van der Waals surface area (Å²) in [6.07, 6.45) is 1.04. The first-order valence-electron chi connectivity index (χ1n) is 9.48. The normalized spacial score (nSPS) is 12.0. The number of sulfonamides is 1. The van der Waals surface area contributed by atoms with Crippen LogP contribution < -0.4 is 19.5 Å². The monoisotopic (exact) mass is 461 g/mol. The summed E-state index contributed by atoms with van der Waals surface area (Å²) in [6.45, 7) is 5.35. The molecule has 1 aromatic carbocycles. The smallest absolute Gasteiger partial charge is 0.262 e. The first-order chi connectivity index (χ1) is 13.9. The van der Waals surface area contributed by atoms with Crippen molar-refractivity contribution in [3.05, 3.63) is 42.0 Å². The highest BCUT2D eigenvalue weighted by molar-refractivity contribution is 7.92. The second-order valence-corrected chi connectivity index (χ2v) is 8.22. The van der Waals surface area contributed by atoms with Crippen LogP contribution in [0.25, 0.3) is 0 Å². The average Bonchev–Trinajstić information content (AvgIpc) is 2.73. The standard InChI is InChI=1S/C20H28FN3O4S.ClH/c1-4-11-22-12-13-28-19-10-9-18(20(23-19)27-3)24-29(25,26)17-7-5-16(6-8-17)15(2)14-21;/h5-10,15,22,24H,4,11-14H2,1-3H3;1H/t15-;/m0./s1. The quantitative estimate of drug-likeness (QED) is 0.468. The number of aromatic nitrogens is 1. The molecule has 0 saturated carbocycles. The number of nitrogens with zero attached hydrogens (tertiary/aromatic N) is 1. The van der Waals surface area contributed by atoms with Crippen LogP contribution in [0.4, 0.5) is 10.1 Å². The van der Waals surface area contributed by atoms with Gasteiger partial charge in [-0.1, -0.05) is 26.0 Å². The van der Waals surface area contributed by atoms with E-state index in [0.29, 0.717) is 19.0 Å². The molecule has 1 atom stereocenters. The third kappa shape index (κ3) is 7.30. The summed E-state index contributed by atoms with van der Waals surface area (Å²) in [4.78, 5) is 4.26. The molecule has 0 bridgehead atoms. The van der Waals surface area contributed by atoms with E-state index < -0.39 is 16.7 Å². The molecule has 0 amide bonds. The molecule has 0 fully saturated rings. The lowest BCUT2D eigenvalue weighted by molar-refractivity contribution is 0.296. The van der Waals surface area contributed by atoms with Crippen molar-refractivity contribution in [3.63, 3.8) is 0 Å². The number of methoxy groups -OCH3 is 1. The van der Waals surface area contributed by atoms with Gasteiger partial charge in [0.1, 0.15) is 12.3 Å². The Balaban J connectivity index is 0.00000450. The van der Waals surface area contributed by atoms with E-state index >= 15 is 0 Å². The Labute approximate surface area is 183 Å². The number of alkyl halides is 1. The Kier molecular flexibility index (Phi) is 10.9. The Hall–Kier alpha value is -2.10. The predicted octanol–water partition coefficient (Wildman–Crippen LogP) is 3.76. The number of rotatable bonds is 12. The lowest BCUT2D eigenvalue weighted by Crippen LogP contribution is -2.21. The van der Waals surface area contributed by atoms with Gasteiger partial charge < -0.3 is 14.8 Å². The van der Waals surface area contributed by atoms with Crippen molar-refractivity contribution >= 4 is 28.1 Å². The van der Waals surface area contributed by atoms with Gasteiger partial charge in [-0.05, 0) is 36.7 Å². The van der Waals surface area contributed by atoms with E-state index in [1.54, 1.807) is 25.1 Å². The number of nitrogens with one attached hydrogen (secondary N) is 2. The number of pyridine rings is 1. The van der Waals surface area contributed by atoms with Crippen molar-refractivity contribution in [1.29, 1.82) is 0 Å². The molecule has 0 aliphatic rings. The van der Waals surface area contributed by atoms with Crippen molar-refractivity contribution in [1.82, 2.24) is 10.3 Å². The first-order valence-corrected chi connectivity index (χ1v) is 11.0. The van der Waals surface area contributed by atoms with Crippen LogP contribution in [0.5, 0.6) is 11.8 Å². The van der Waals surface area contributed by atoms with Crippen LogP contribution >= 0.6 is 12.4 Å². The zero-order chi connectivity index (χ0) is 21.3. The highest BCUT2D eigenvalue weighted by Gasteiger charge is 2.18. The molecule has 0 unspecified atom stereocenters. The molecule has 0 saturated heterocycles. The molecule has 2 N–H and O–H groups in total. The second kappa shape index (κ2) is 12.6. The Morgan fingerprint density at radius 1 is 1.13 bits per heavy atom. The average molecular weight is 462 g/mol. The number of anilines is 1. The molecule has 7 nitrogen and oxygen atoms in total. The third-order valence-electron chi connectivity index (χ3n) is 4.22. The fourth-order valence-electron chi connectivity index (χ4n) is 2.53. The molecule has 0 aliphatic carbocycles. The Morgan fingerprint density at radius 3 is 2.43 bits per heavy atom. The highest BCUT2D eigenvalue weighted by atomic mass is 35.5. The molecule has 0 radical (unpaired) electrons. The molecule has 10 heteroatoms. The van der Waals surface area contributed by atoms with Gasteiger partial charge in [0.15, 0.2) is 0 Å². The third-order valence-corrected chi connectivity index (χ3v) is 5.60. The summed E-state index contributed by atoms with van der Waals surface area (Å²) >= 11 is 0. The Bertz CT molecular complexity index is 882. The second-order valence-electron chi connectivity index (χ2n) is 6.53. The number of ether oxygens (including phenoxy) is 2. The van der Waals surface area contributed by atoms with Crippen molar-refractivity contribution < 1.29 is 22.3 Å². The van der Waals surface area contributed by atoms with Gasteiger partial charge in [-0.2, -0.15) is 4.98 Å². The zero-order valence-electron chi connectivity index (χ0n) is 17.4. The van der Waals surface area contributed by atoms with E-state index in [9.17, 15) is 12.8 Å². The summed E-state index contributed by atoms with van der Waals surface area (Å²) in [5, 5.41) is 3.21. The van der Waals surface area contributed by atoms with E-state index in [-0.39, 0.29) is 34.8 Å². The summed E-state index contributed by atoms with van der Waals surface area (Å²) in [5.41, 5.74) is 0.936. The summed E-state index contributed by atoms with van der Waals surface area (Å²) in [6, 6.07) is 9.23. The van der Waals surface area contributed by atoms with Crippen LogP contribution in [0, 0.1) is 0 Å². The van der Waals surface area contributed by atoms with E-state index in [0.717, 1.165) is 18.5 Å². The lowest BCUT2D eigenvalue weighted by atomic mass is 10.0. The van der Waals surface area contributed by atoms with Gasteiger partial charge in [0.05, 0.1) is 18.7 Å².